The molecule has 0 aromatic heterocycles. The van der Waals surface area contributed by atoms with Gasteiger partial charge in [-0.3, -0.25) is 0 Å². The summed E-state index contributed by atoms with van der Waals surface area (Å²) in [5.41, 5.74) is 0. The van der Waals surface area contributed by atoms with E-state index in [1.165, 1.54) is 12.8 Å². The molecule has 1 saturated heterocycles. The van der Waals surface area contributed by atoms with Crippen LogP contribution in [-0.2, 0) is 4.74 Å². The van der Waals surface area contributed by atoms with Crippen molar-refractivity contribution >= 4 is 42.1 Å². The molecule has 0 bridgehead atoms. The summed E-state index contributed by atoms with van der Waals surface area (Å²) in [7, 11) is 15.0. The Labute approximate surface area is 72.7 Å². The molecule has 0 atom stereocenters. The van der Waals surface area contributed by atoms with Crippen LogP contribution >= 0.6 is 28.9 Å². The van der Waals surface area contributed by atoms with Crippen molar-refractivity contribution in [3.05, 3.63) is 0 Å². The van der Waals surface area contributed by atoms with E-state index < -0.39 is 13.2 Å². The number of hydrogen-bond donors (Lipinski definition) is 0. The molecule has 1 nitrogen and oxygen atoms in total. The maximum absolute atomic E-state index is 4.99. The van der Waals surface area contributed by atoms with Crippen LogP contribution in [0.3, 0.4) is 0 Å². The van der Waals surface area contributed by atoms with Gasteiger partial charge in [-0.2, -0.15) is 0 Å². The Bertz CT molecular complexity index is 47.4. The quantitative estimate of drug-likeness (QED) is 0.598. The molecule has 0 N–H and O–H groups in total. The zero-order valence-electron chi connectivity index (χ0n) is 4.95. The zero-order valence-corrected chi connectivity index (χ0v) is 9.64. The molecule has 54 valence electrons. The van der Waals surface area contributed by atoms with Crippen molar-refractivity contribution in [3.63, 3.8) is 0 Å². The fourth-order valence-electron chi connectivity index (χ4n) is 0.510. The van der Waals surface area contributed by atoms with Crippen molar-refractivity contribution in [1.82, 2.24) is 0 Å². The number of halogens is 3. The van der Waals surface area contributed by atoms with E-state index in [4.69, 9.17) is 33.6 Å². The van der Waals surface area contributed by atoms with Crippen molar-refractivity contribution in [1.29, 1.82) is 0 Å². The van der Waals surface area contributed by atoms with Crippen LogP contribution in [0.2, 0.25) is 0 Å². The molecule has 0 aromatic rings. The minimum atomic E-state index is -2.06. The molecule has 0 aromatic carbocycles. The number of ether oxygens (including phenoxy) is 1. The predicted octanol–water partition coefficient (Wildman–Crippen LogP) is 2.48. The van der Waals surface area contributed by atoms with Crippen LogP contribution in [0.5, 0.6) is 0 Å². The standard InChI is InChI=1S/C4H8O.3ClH.Ga/c1-2-4-5-3-1;;;;/h1-4H2;3*1H;/q;;;;+3/p-3. The first-order chi connectivity index (χ1) is 4.23. The van der Waals surface area contributed by atoms with Crippen LogP contribution in [0, 0.1) is 0 Å². The van der Waals surface area contributed by atoms with Crippen LogP contribution in [-0.4, -0.2) is 26.4 Å². The average Bonchev–Trinajstić information content (AvgIpc) is 2.11. The molecule has 0 unspecified atom stereocenters. The van der Waals surface area contributed by atoms with Crippen LogP contribution in [0.25, 0.3) is 0 Å². The zero-order chi connectivity index (χ0) is 7.11. The van der Waals surface area contributed by atoms with Crippen molar-refractivity contribution in [2.24, 2.45) is 0 Å². The molecule has 9 heavy (non-hydrogen) atoms. The normalized spacial score (nSPS) is 16.3. The molecular formula is C4H8Cl3GaO. The molecule has 0 radical (unpaired) electrons. The van der Waals surface area contributed by atoms with E-state index in [-0.39, 0.29) is 0 Å². The molecule has 0 saturated carbocycles. The summed E-state index contributed by atoms with van der Waals surface area (Å²) in [5.74, 6) is 0. The number of hydrogen-bond acceptors (Lipinski definition) is 1. The van der Waals surface area contributed by atoms with Gasteiger partial charge in [0.2, 0.25) is 0 Å². The van der Waals surface area contributed by atoms with E-state index in [0.717, 1.165) is 13.2 Å². The summed E-state index contributed by atoms with van der Waals surface area (Å²) in [5, 5.41) is 0. The number of rotatable bonds is 0. The Morgan fingerprint density at radius 3 is 1.44 bits per heavy atom. The molecule has 1 aliphatic rings. The summed E-state index contributed by atoms with van der Waals surface area (Å²) in [4.78, 5) is 0. The Balaban J connectivity index is 0.000000148. The van der Waals surface area contributed by atoms with Crippen LogP contribution in [0.1, 0.15) is 12.8 Å². The fraction of sp³-hybridized carbons (Fsp3) is 1.00. The fourth-order valence-corrected chi connectivity index (χ4v) is 0.510. The third-order valence-electron chi connectivity index (χ3n) is 0.827. The Morgan fingerprint density at radius 2 is 1.33 bits per heavy atom. The van der Waals surface area contributed by atoms with Gasteiger partial charge in [-0.25, -0.2) is 0 Å². The first-order valence-electron chi connectivity index (χ1n) is 2.73. The van der Waals surface area contributed by atoms with Crippen molar-refractivity contribution < 1.29 is 4.74 Å². The molecule has 0 amide bonds. The SMILES string of the molecule is C1CCOC1.[Cl][Ga]([Cl])[Cl]. The van der Waals surface area contributed by atoms with Gasteiger partial charge in [0.25, 0.3) is 0 Å². The third-order valence-corrected chi connectivity index (χ3v) is 0.827. The first kappa shape index (κ1) is 10.5. The van der Waals surface area contributed by atoms with Gasteiger partial charge in [-0.05, 0) is 12.8 Å². The van der Waals surface area contributed by atoms with Gasteiger partial charge in [-0.15, -0.1) is 0 Å². The Morgan fingerprint density at radius 1 is 1.00 bits per heavy atom. The van der Waals surface area contributed by atoms with Gasteiger partial charge in [0.15, 0.2) is 0 Å². The first-order valence-corrected chi connectivity index (χ1v) is 12.3. The molecule has 1 fully saturated rings. The molecule has 1 heterocycles. The monoisotopic (exact) mass is 246 g/mol. The summed E-state index contributed by atoms with van der Waals surface area (Å²) >= 11 is -2.06. The maximum atomic E-state index is 4.99. The van der Waals surface area contributed by atoms with Gasteiger partial charge < -0.3 is 4.74 Å². The van der Waals surface area contributed by atoms with Gasteiger partial charge in [-0.1, -0.05) is 0 Å². The topological polar surface area (TPSA) is 9.23 Å². The molecule has 0 spiro atoms. The predicted molar refractivity (Wildman–Crippen MR) is 43.4 cm³/mol. The summed E-state index contributed by atoms with van der Waals surface area (Å²) in [6.45, 7) is 2.00. The van der Waals surface area contributed by atoms with Gasteiger partial charge >= 0.3 is 42.1 Å². The average molecular weight is 248 g/mol. The van der Waals surface area contributed by atoms with Gasteiger partial charge in [0, 0.05) is 13.2 Å². The Hall–Kier alpha value is 1.47. The second-order valence-electron chi connectivity index (χ2n) is 1.57. The van der Waals surface area contributed by atoms with Gasteiger partial charge in [0.05, 0.1) is 0 Å². The van der Waals surface area contributed by atoms with E-state index in [2.05, 4.69) is 0 Å². The minimum absolute atomic E-state index is 1.00. The van der Waals surface area contributed by atoms with Crippen LogP contribution < -0.4 is 0 Å². The van der Waals surface area contributed by atoms with E-state index in [0.29, 0.717) is 0 Å². The molecular weight excluding hydrogens is 240 g/mol. The van der Waals surface area contributed by atoms with E-state index in [1.54, 1.807) is 0 Å². The van der Waals surface area contributed by atoms with Crippen LogP contribution in [0.4, 0.5) is 0 Å². The molecule has 1 rings (SSSR count). The summed E-state index contributed by atoms with van der Waals surface area (Å²) in [6, 6.07) is 0. The Kier molecular flexibility index (Phi) is 8.81. The van der Waals surface area contributed by atoms with Crippen molar-refractivity contribution in [3.8, 4) is 0 Å². The second-order valence-corrected chi connectivity index (χ2v) is 12.9. The van der Waals surface area contributed by atoms with Crippen molar-refractivity contribution in [2.45, 2.75) is 12.8 Å². The summed E-state index contributed by atoms with van der Waals surface area (Å²) in [6.07, 6.45) is 2.56. The second kappa shape index (κ2) is 7.57. The van der Waals surface area contributed by atoms with Gasteiger partial charge in [0.1, 0.15) is 0 Å². The third kappa shape index (κ3) is 12.6. The molecule has 0 aliphatic carbocycles. The molecule has 1 aliphatic heterocycles. The van der Waals surface area contributed by atoms with E-state index in [9.17, 15) is 0 Å². The van der Waals surface area contributed by atoms with E-state index >= 15 is 0 Å². The van der Waals surface area contributed by atoms with Crippen molar-refractivity contribution in [2.75, 3.05) is 13.2 Å². The summed E-state index contributed by atoms with van der Waals surface area (Å²) < 4.78 is 4.94. The molecule has 5 heteroatoms. The van der Waals surface area contributed by atoms with E-state index in [1.807, 2.05) is 0 Å². The van der Waals surface area contributed by atoms with Crippen LogP contribution in [0.15, 0.2) is 0 Å².